The van der Waals surface area contributed by atoms with Gasteiger partial charge in [0.15, 0.2) is 11.7 Å². The Morgan fingerprint density at radius 2 is 1.91 bits per heavy atom. The summed E-state index contributed by atoms with van der Waals surface area (Å²) in [4.78, 5) is 18.0. The normalized spacial score (nSPS) is 24.8. The molecule has 1 spiro atoms. The van der Waals surface area contributed by atoms with Gasteiger partial charge in [0.25, 0.3) is 0 Å². The molecule has 1 aromatic carbocycles. The Kier molecular flexibility index (Phi) is 11.2. The first-order chi connectivity index (χ1) is 15.4. The molecule has 8 nitrogen and oxygen atoms in total. The lowest BCUT2D eigenvalue weighted by Gasteiger charge is -2.34. The van der Waals surface area contributed by atoms with E-state index < -0.39 is 5.79 Å². The van der Waals surface area contributed by atoms with Crippen molar-refractivity contribution in [3.63, 3.8) is 0 Å². The number of methoxy groups -OCH3 is 1. The minimum absolute atomic E-state index is 0. The lowest BCUT2D eigenvalue weighted by molar-refractivity contribution is -0.191. The van der Waals surface area contributed by atoms with E-state index in [1.807, 2.05) is 12.1 Å². The highest BCUT2D eigenvalue weighted by atomic mass is 127. The minimum Gasteiger partial charge on any atom is -0.497 e. The molecular formula is C24H39IN4O4. The number of hydrogen-bond donors (Lipinski definition) is 2. The predicted octanol–water partition coefficient (Wildman–Crippen LogP) is 2.80. The van der Waals surface area contributed by atoms with E-state index in [1.165, 1.54) is 5.56 Å². The van der Waals surface area contributed by atoms with Crippen molar-refractivity contribution in [2.24, 2.45) is 10.9 Å². The van der Waals surface area contributed by atoms with Gasteiger partial charge >= 0.3 is 0 Å². The number of likely N-dealkylation sites (N-methyl/N-ethyl adjacent to an activating group) is 1. The van der Waals surface area contributed by atoms with Crippen molar-refractivity contribution in [1.82, 2.24) is 15.5 Å². The first-order valence-electron chi connectivity index (χ1n) is 11.6. The van der Waals surface area contributed by atoms with Crippen LogP contribution in [0, 0.1) is 5.92 Å². The molecule has 1 heterocycles. The van der Waals surface area contributed by atoms with Crippen LogP contribution in [0.3, 0.4) is 0 Å². The summed E-state index contributed by atoms with van der Waals surface area (Å²) in [6.45, 7) is 4.24. The maximum Gasteiger partial charge on any atom is 0.243 e. The summed E-state index contributed by atoms with van der Waals surface area (Å²) in [5, 5.41) is 6.67. The van der Waals surface area contributed by atoms with E-state index in [2.05, 4.69) is 34.7 Å². The molecule has 186 valence electrons. The maximum atomic E-state index is 12.0. The maximum absolute atomic E-state index is 12.0. The zero-order valence-electron chi connectivity index (χ0n) is 20.3. The molecule has 2 fully saturated rings. The Bertz CT molecular complexity index is 764. The van der Waals surface area contributed by atoms with Gasteiger partial charge in [0, 0.05) is 40.0 Å². The molecule has 3 rings (SSSR count). The first-order valence-corrected chi connectivity index (χ1v) is 11.6. The monoisotopic (exact) mass is 574 g/mol. The molecule has 0 aromatic heterocycles. The van der Waals surface area contributed by atoms with Crippen molar-refractivity contribution in [3.05, 3.63) is 29.8 Å². The van der Waals surface area contributed by atoms with Crippen LogP contribution in [0.4, 0.5) is 0 Å². The van der Waals surface area contributed by atoms with E-state index in [-0.39, 0.29) is 42.5 Å². The van der Waals surface area contributed by atoms with Crippen LogP contribution in [0.25, 0.3) is 0 Å². The van der Waals surface area contributed by atoms with Crippen molar-refractivity contribution < 1.29 is 19.0 Å². The number of ether oxygens (including phenoxy) is 3. The smallest absolute Gasteiger partial charge is 0.243 e. The molecule has 1 atom stereocenters. The van der Waals surface area contributed by atoms with Crippen molar-refractivity contribution in [2.75, 3.05) is 47.4 Å². The second kappa shape index (κ2) is 13.3. The predicted molar refractivity (Wildman–Crippen MR) is 140 cm³/mol. The fourth-order valence-corrected chi connectivity index (χ4v) is 3.97. The summed E-state index contributed by atoms with van der Waals surface area (Å²) < 4.78 is 17.6. The summed E-state index contributed by atoms with van der Waals surface area (Å²) in [6, 6.07) is 8.01. The van der Waals surface area contributed by atoms with Crippen LogP contribution in [0.1, 0.15) is 38.2 Å². The van der Waals surface area contributed by atoms with Crippen LogP contribution in [-0.2, 0) is 20.7 Å². The van der Waals surface area contributed by atoms with Gasteiger partial charge in [-0.3, -0.25) is 4.79 Å². The van der Waals surface area contributed by atoms with Crippen LogP contribution < -0.4 is 15.4 Å². The molecule has 0 radical (unpaired) electrons. The molecule has 1 amide bonds. The Morgan fingerprint density at radius 1 is 1.21 bits per heavy atom. The van der Waals surface area contributed by atoms with Gasteiger partial charge in [0.1, 0.15) is 18.4 Å². The third-order valence-electron chi connectivity index (χ3n) is 6.18. The van der Waals surface area contributed by atoms with Crippen LogP contribution in [0.15, 0.2) is 29.3 Å². The fourth-order valence-electron chi connectivity index (χ4n) is 3.97. The van der Waals surface area contributed by atoms with Crippen LogP contribution in [-0.4, -0.2) is 76.1 Å². The lowest BCUT2D eigenvalue weighted by atomic mass is 9.86. The van der Waals surface area contributed by atoms with Crippen molar-refractivity contribution in [3.8, 4) is 5.75 Å². The average molecular weight is 575 g/mol. The van der Waals surface area contributed by atoms with Crippen molar-refractivity contribution >= 4 is 35.8 Å². The molecule has 2 N–H and O–H groups in total. The molecule has 1 aromatic rings. The van der Waals surface area contributed by atoms with E-state index >= 15 is 0 Å². The number of amides is 1. The molecule has 1 saturated carbocycles. The van der Waals surface area contributed by atoms with Gasteiger partial charge in [-0.25, -0.2) is 4.99 Å². The highest BCUT2D eigenvalue weighted by Gasteiger charge is 2.43. The topological polar surface area (TPSA) is 84.4 Å². The van der Waals surface area contributed by atoms with Gasteiger partial charge in [-0.1, -0.05) is 19.1 Å². The van der Waals surface area contributed by atoms with Gasteiger partial charge in [0.05, 0.1) is 13.7 Å². The Hall–Kier alpha value is -1.59. The molecule has 1 saturated heterocycles. The quantitative estimate of drug-likeness (QED) is 0.283. The minimum atomic E-state index is -0.404. The third kappa shape index (κ3) is 8.60. The lowest BCUT2D eigenvalue weighted by Crippen LogP contribution is -2.44. The summed E-state index contributed by atoms with van der Waals surface area (Å²) in [7, 11) is 5.13. The Morgan fingerprint density at radius 3 is 2.55 bits per heavy atom. The average Bonchev–Trinajstić information content (AvgIpc) is 3.20. The van der Waals surface area contributed by atoms with Crippen LogP contribution in [0.2, 0.25) is 0 Å². The number of guanidine groups is 1. The Labute approximate surface area is 214 Å². The number of aliphatic imine (C=N–C) groups is 1. The summed E-state index contributed by atoms with van der Waals surface area (Å²) in [6.07, 6.45) is 5.02. The van der Waals surface area contributed by atoms with Crippen LogP contribution >= 0.6 is 24.0 Å². The Balaban J connectivity index is 0.00000385. The zero-order chi connectivity index (χ0) is 23.0. The molecular weight excluding hydrogens is 535 g/mol. The van der Waals surface area contributed by atoms with E-state index in [0.717, 1.165) is 43.8 Å². The van der Waals surface area contributed by atoms with E-state index in [1.54, 1.807) is 26.1 Å². The molecule has 33 heavy (non-hydrogen) atoms. The van der Waals surface area contributed by atoms with E-state index in [4.69, 9.17) is 14.2 Å². The van der Waals surface area contributed by atoms with Crippen LogP contribution in [0.5, 0.6) is 5.75 Å². The number of nitrogens with one attached hydrogen (secondary N) is 2. The number of halogens is 1. The van der Waals surface area contributed by atoms with Crippen molar-refractivity contribution in [1.29, 1.82) is 0 Å². The second-order valence-corrected chi connectivity index (χ2v) is 9.00. The SMILES string of the molecule is COc1ccc(CCNC(=NCC(=O)N(C)C)NCC2COC3(CCC(C)CC3)O2)cc1.I. The number of carbonyl (C=O) groups is 1. The zero-order valence-corrected chi connectivity index (χ0v) is 22.6. The third-order valence-corrected chi connectivity index (χ3v) is 6.18. The first kappa shape index (κ1) is 27.7. The van der Waals surface area contributed by atoms with E-state index in [0.29, 0.717) is 25.7 Å². The standard InChI is InChI=1S/C24H38N4O4.HI/c1-18-9-12-24(13-10-18)31-17-21(32-24)15-26-23(27-16-22(29)28(2)3)25-14-11-19-5-7-20(30-4)8-6-19;/h5-8,18,21H,9-17H2,1-4H3,(H2,25,26,27);1H. The number of carbonyl (C=O) groups excluding carboxylic acids is 1. The second-order valence-electron chi connectivity index (χ2n) is 9.00. The number of nitrogens with zero attached hydrogens (tertiary/aromatic N) is 2. The van der Waals surface area contributed by atoms with Gasteiger partial charge < -0.3 is 29.7 Å². The summed E-state index contributed by atoms with van der Waals surface area (Å²) in [5.74, 6) is 1.75. The number of rotatable bonds is 8. The molecule has 1 aliphatic carbocycles. The highest BCUT2D eigenvalue weighted by molar-refractivity contribution is 14.0. The molecule has 0 bridgehead atoms. The molecule has 2 aliphatic rings. The van der Waals surface area contributed by atoms with Gasteiger partial charge in [-0.2, -0.15) is 0 Å². The van der Waals surface area contributed by atoms with Crippen molar-refractivity contribution in [2.45, 2.75) is 50.9 Å². The fraction of sp³-hybridized carbons (Fsp3) is 0.667. The van der Waals surface area contributed by atoms with Gasteiger partial charge in [-0.15, -0.1) is 24.0 Å². The summed E-state index contributed by atoms with van der Waals surface area (Å²) >= 11 is 0. The molecule has 1 aliphatic heterocycles. The van der Waals surface area contributed by atoms with Gasteiger partial charge in [0.2, 0.25) is 5.91 Å². The molecule has 9 heteroatoms. The summed E-state index contributed by atoms with van der Waals surface area (Å²) in [5.41, 5.74) is 1.20. The molecule has 1 unspecified atom stereocenters. The number of benzene rings is 1. The number of hydrogen-bond acceptors (Lipinski definition) is 5. The highest BCUT2D eigenvalue weighted by Crippen LogP contribution is 2.39. The van der Waals surface area contributed by atoms with E-state index in [9.17, 15) is 4.79 Å². The largest absolute Gasteiger partial charge is 0.497 e. The van der Waals surface area contributed by atoms with Gasteiger partial charge in [-0.05, 0) is 42.9 Å².